The van der Waals surface area contributed by atoms with E-state index in [0.717, 1.165) is 30.2 Å². The average molecular weight is 249 g/mol. The van der Waals surface area contributed by atoms with Gasteiger partial charge in [0.25, 0.3) is 0 Å². The lowest BCUT2D eigenvalue weighted by molar-refractivity contribution is 0.422. The van der Waals surface area contributed by atoms with Gasteiger partial charge in [-0.1, -0.05) is 13.8 Å². The van der Waals surface area contributed by atoms with Gasteiger partial charge in [0.2, 0.25) is 0 Å². The fourth-order valence-electron chi connectivity index (χ4n) is 1.87. The quantitative estimate of drug-likeness (QED) is 0.890. The van der Waals surface area contributed by atoms with E-state index in [4.69, 9.17) is 0 Å². The number of aromatic nitrogens is 2. The fraction of sp³-hybridized carbons (Fsp3) is 0.733. The molecule has 1 heterocycles. The molecule has 102 valence electrons. The lowest BCUT2D eigenvalue weighted by Crippen LogP contribution is -2.35. The van der Waals surface area contributed by atoms with Crippen molar-refractivity contribution in [2.45, 2.75) is 67.0 Å². The molecule has 0 spiro atoms. The summed E-state index contributed by atoms with van der Waals surface area (Å²) in [6.45, 7) is 15.9. The van der Waals surface area contributed by atoms with Gasteiger partial charge < -0.3 is 5.32 Å². The van der Waals surface area contributed by atoms with Crippen LogP contribution in [0.2, 0.25) is 0 Å². The van der Waals surface area contributed by atoms with Gasteiger partial charge in [-0.05, 0) is 40.5 Å². The molecular formula is C15H27N3. The third kappa shape index (κ3) is 4.73. The standard InChI is InChI=1S/C15H27N3/c1-10(2)8-14-17-11(3)13(12(4)18-14)9-16-15(5,6)7/h10,16H,8-9H2,1-7H3. The predicted octanol–water partition coefficient (Wildman–Crippen LogP) is 3.18. The second kappa shape index (κ2) is 5.79. The zero-order valence-corrected chi connectivity index (χ0v) is 12.9. The summed E-state index contributed by atoms with van der Waals surface area (Å²) in [6.07, 6.45) is 0.953. The molecule has 1 rings (SSSR count). The highest BCUT2D eigenvalue weighted by Crippen LogP contribution is 2.13. The summed E-state index contributed by atoms with van der Waals surface area (Å²) in [4.78, 5) is 9.25. The molecule has 0 fully saturated rings. The molecule has 0 amide bonds. The third-order valence-corrected chi connectivity index (χ3v) is 2.85. The van der Waals surface area contributed by atoms with Gasteiger partial charge >= 0.3 is 0 Å². The summed E-state index contributed by atoms with van der Waals surface area (Å²) >= 11 is 0. The van der Waals surface area contributed by atoms with Crippen LogP contribution in [0, 0.1) is 19.8 Å². The first kappa shape index (κ1) is 15.1. The maximum atomic E-state index is 4.62. The monoisotopic (exact) mass is 249 g/mol. The molecule has 1 N–H and O–H groups in total. The maximum Gasteiger partial charge on any atom is 0.129 e. The number of hydrogen-bond acceptors (Lipinski definition) is 3. The number of nitrogens with one attached hydrogen (secondary N) is 1. The van der Waals surface area contributed by atoms with Crippen molar-refractivity contribution in [3.63, 3.8) is 0 Å². The maximum absolute atomic E-state index is 4.62. The van der Waals surface area contributed by atoms with Crippen molar-refractivity contribution in [3.8, 4) is 0 Å². The van der Waals surface area contributed by atoms with Crippen LogP contribution in [0.3, 0.4) is 0 Å². The van der Waals surface area contributed by atoms with Crippen molar-refractivity contribution < 1.29 is 0 Å². The van der Waals surface area contributed by atoms with E-state index in [1.54, 1.807) is 0 Å². The second-order valence-electron chi connectivity index (χ2n) is 6.49. The van der Waals surface area contributed by atoms with Crippen LogP contribution in [0.5, 0.6) is 0 Å². The molecule has 0 aliphatic heterocycles. The van der Waals surface area contributed by atoms with Crippen LogP contribution in [0.15, 0.2) is 0 Å². The van der Waals surface area contributed by atoms with E-state index < -0.39 is 0 Å². The SMILES string of the molecule is Cc1nc(CC(C)C)nc(C)c1CNC(C)(C)C. The Morgan fingerprint density at radius 1 is 1.06 bits per heavy atom. The Morgan fingerprint density at radius 2 is 1.56 bits per heavy atom. The molecule has 1 aromatic heterocycles. The van der Waals surface area contributed by atoms with Gasteiger partial charge in [0.15, 0.2) is 0 Å². The van der Waals surface area contributed by atoms with E-state index in [0.29, 0.717) is 5.92 Å². The largest absolute Gasteiger partial charge is 0.308 e. The molecule has 0 aliphatic rings. The van der Waals surface area contributed by atoms with Gasteiger partial charge in [-0.2, -0.15) is 0 Å². The molecule has 0 aliphatic carbocycles. The molecular weight excluding hydrogens is 222 g/mol. The Kier molecular flexibility index (Phi) is 4.85. The summed E-state index contributed by atoms with van der Waals surface area (Å²) in [5.74, 6) is 1.57. The Labute approximate surface area is 111 Å². The molecule has 3 nitrogen and oxygen atoms in total. The van der Waals surface area contributed by atoms with Gasteiger partial charge in [-0.15, -0.1) is 0 Å². The lowest BCUT2D eigenvalue weighted by Gasteiger charge is -2.22. The average Bonchev–Trinajstić information content (AvgIpc) is 2.12. The summed E-state index contributed by atoms with van der Waals surface area (Å²) < 4.78 is 0. The summed E-state index contributed by atoms with van der Waals surface area (Å²) in [5.41, 5.74) is 3.57. The first-order valence-corrected chi connectivity index (χ1v) is 6.77. The van der Waals surface area contributed by atoms with Crippen LogP contribution < -0.4 is 5.32 Å². The van der Waals surface area contributed by atoms with Crippen LogP contribution in [-0.4, -0.2) is 15.5 Å². The highest BCUT2D eigenvalue weighted by molar-refractivity contribution is 5.24. The fourth-order valence-corrected chi connectivity index (χ4v) is 1.87. The first-order chi connectivity index (χ1) is 8.19. The Balaban J connectivity index is 2.87. The molecule has 3 heteroatoms. The second-order valence-corrected chi connectivity index (χ2v) is 6.49. The van der Waals surface area contributed by atoms with Crippen molar-refractivity contribution in [2.75, 3.05) is 0 Å². The summed E-state index contributed by atoms with van der Waals surface area (Å²) in [5, 5.41) is 3.50. The molecule has 0 aromatic carbocycles. The van der Waals surface area contributed by atoms with Crippen molar-refractivity contribution >= 4 is 0 Å². The van der Waals surface area contributed by atoms with Crippen LogP contribution in [0.4, 0.5) is 0 Å². The number of rotatable bonds is 4. The normalized spacial score (nSPS) is 12.2. The molecule has 0 atom stereocenters. The highest BCUT2D eigenvalue weighted by Gasteiger charge is 2.13. The van der Waals surface area contributed by atoms with Gasteiger partial charge in [-0.3, -0.25) is 0 Å². The van der Waals surface area contributed by atoms with Crippen molar-refractivity contribution in [2.24, 2.45) is 5.92 Å². The minimum absolute atomic E-state index is 0.121. The number of aryl methyl sites for hydroxylation is 2. The highest BCUT2D eigenvalue weighted by atomic mass is 15.0. The molecule has 0 unspecified atom stereocenters. The van der Waals surface area contributed by atoms with Crippen molar-refractivity contribution in [1.82, 2.24) is 15.3 Å². The van der Waals surface area contributed by atoms with Crippen molar-refractivity contribution in [1.29, 1.82) is 0 Å². The molecule has 1 aromatic rings. The van der Waals surface area contributed by atoms with E-state index in [9.17, 15) is 0 Å². The Hall–Kier alpha value is -0.960. The van der Waals surface area contributed by atoms with E-state index in [-0.39, 0.29) is 5.54 Å². The third-order valence-electron chi connectivity index (χ3n) is 2.85. The summed E-state index contributed by atoms with van der Waals surface area (Å²) in [7, 11) is 0. The molecule has 0 saturated carbocycles. The minimum atomic E-state index is 0.121. The van der Waals surface area contributed by atoms with E-state index in [2.05, 4.69) is 63.8 Å². The molecule has 0 radical (unpaired) electrons. The smallest absolute Gasteiger partial charge is 0.129 e. The minimum Gasteiger partial charge on any atom is -0.308 e. The van der Waals surface area contributed by atoms with Gasteiger partial charge in [0, 0.05) is 35.5 Å². The number of hydrogen-bond donors (Lipinski definition) is 1. The van der Waals surface area contributed by atoms with Gasteiger partial charge in [0.1, 0.15) is 5.82 Å². The van der Waals surface area contributed by atoms with E-state index >= 15 is 0 Å². The van der Waals surface area contributed by atoms with E-state index in [1.807, 2.05) is 0 Å². The molecule has 0 saturated heterocycles. The van der Waals surface area contributed by atoms with Crippen LogP contribution in [0.25, 0.3) is 0 Å². The van der Waals surface area contributed by atoms with Gasteiger partial charge in [-0.25, -0.2) is 9.97 Å². The zero-order valence-electron chi connectivity index (χ0n) is 12.9. The predicted molar refractivity (Wildman–Crippen MR) is 76.6 cm³/mol. The Morgan fingerprint density at radius 3 is 1.94 bits per heavy atom. The van der Waals surface area contributed by atoms with Crippen LogP contribution in [-0.2, 0) is 13.0 Å². The topological polar surface area (TPSA) is 37.8 Å². The van der Waals surface area contributed by atoms with E-state index in [1.165, 1.54) is 5.56 Å². The number of nitrogens with zero attached hydrogens (tertiary/aromatic N) is 2. The van der Waals surface area contributed by atoms with Crippen molar-refractivity contribution in [3.05, 3.63) is 22.8 Å². The molecule has 0 bridgehead atoms. The first-order valence-electron chi connectivity index (χ1n) is 6.77. The zero-order chi connectivity index (χ0) is 13.9. The lowest BCUT2D eigenvalue weighted by atomic mass is 10.1. The van der Waals surface area contributed by atoms with Crippen LogP contribution in [0.1, 0.15) is 57.4 Å². The molecule has 18 heavy (non-hydrogen) atoms. The summed E-state index contributed by atoms with van der Waals surface area (Å²) in [6, 6.07) is 0. The van der Waals surface area contributed by atoms with Crippen LogP contribution >= 0.6 is 0 Å². The van der Waals surface area contributed by atoms with Gasteiger partial charge in [0.05, 0.1) is 0 Å². The Bertz CT molecular complexity index is 380.